The molecule has 0 fully saturated rings. The Kier molecular flexibility index (Phi) is 5.57. The maximum absolute atomic E-state index is 4.83. The first-order valence-electron chi connectivity index (χ1n) is 11.2. The monoisotopic (exact) mass is 434 g/mol. The van der Waals surface area contributed by atoms with Gasteiger partial charge in [0.25, 0.3) is 0 Å². The molecule has 0 saturated heterocycles. The number of nitrogens with one attached hydrogen (secondary N) is 2. The normalized spacial score (nSPS) is 11.3. The third-order valence-electron chi connectivity index (χ3n) is 5.90. The fraction of sp³-hybridized carbons (Fsp3) is 0.185. The number of pyridine rings is 1. The molecule has 0 amide bonds. The largest absolute Gasteiger partial charge is 0.380 e. The number of rotatable bonds is 6. The highest BCUT2D eigenvalue weighted by Gasteiger charge is 2.12. The zero-order valence-corrected chi connectivity index (χ0v) is 19.0. The van der Waals surface area contributed by atoms with Crippen molar-refractivity contribution in [1.82, 2.24) is 25.6 Å². The standard InChI is InChI=1S/C27H26N6/c1-17(2)21-9-6-10-24-25(15-18(3)29-26(21)24)28-16-19-11-13-20(14-12-19)22-7-4-5-8-23(22)27-30-32-33-31-27/h4-15,17H,16H2,1-3H3,(H,28,29)(H,30,31,32,33). The Balaban J connectivity index is 1.40. The van der Waals surface area contributed by atoms with Crippen LogP contribution in [0.25, 0.3) is 33.4 Å². The molecule has 0 radical (unpaired) electrons. The van der Waals surface area contributed by atoms with E-state index < -0.39 is 0 Å². The van der Waals surface area contributed by atoms with E-state index in [9.17, 15) is 0 Å². The van der Waals surface area contributed by atoms with Gasteiger partial charge < -0.3 is 5.32 Å². The highest BCUT2D eigenvalue weighted by molar-refractivity contribution is 5.93. The van der Waals surface area contributed by atoms with E-state index >= 15 is 0 Å². The Labute approximate surface area is 193 Å². The molecule has 164 valence electrons. The molecule has 0 saturated carbocycles. The van der Waals surface area contributed by atoms with Crippen LogP contribution in [0.3, 0.4) is 0 Å². The molecule has 2 heterocycles. The number of tetrazole rings is 1. The molecule has 5 aromatic rings. The second-order valence-electron chi connectivity index (χ2n) is 8.56. The number of aromatic amines is 1. The molecular weight excluding hydrogens is 408 g/mol. The van der Waals surface area contributed by atoms with E-state index in [1.54, 1.807) is 0 Å². The Morgan fingerprint density at radius 3 is 2.42 bits per heavy atom. The van der Waals surface area contributed by atoms with Crippen LogP contribution in [-0.2, 0) is 6.54 Å². The van der Waals surface area contributed by atoms with Crippen LogP contribution in [0.15, 0.2) is 72.8 Å². The lowest BCUT2D eigenvalue weighted by molar-refractivity contribution is 0.872. The quantitative estimate of drug-likeness (QED) is 0.336. The lowest BCUT2D eigenvalue weighted by atomic mass is 9.98. The molecule has 33 heavy (non-hydrogen) atoms. The van der Waals surface area contributed by atoms with Crippen LogP contribution in [0.1, 0.15) is 36.6 Å². The molecule has 0 spiro atoms. The van der Waals surface area contributed by atoms with Gasteiger partial charge in [-0.05, 0) is 51.6 Å². The van der Waals surface area contributed by atoms with E-state index in [2.05, 4.69) is 101 Å². The highest BCUT2D eigenvalue weighted by Crippen LogP contribution is 2.31. The number of aryl methyl sites for hydroxylation is 1. The number of hydrogen-bond donors (Lipinski definition) is 2. The lowest BCUT2D eigenvalue weighted by Gasteiger charge is -2.15. The van der Waals surface area contributed by atoms with Crippen LogP contribution in [-0.4, -0.2) is 25.6 Å². The summed E-state index contributed by atoms with van der Waals surface area (Å²) >= 11 is 0. The van der Waals surface area contributed by atoms with E-state index in [1.165, 1.54) is 11.1 Å². The van der Waals surface area contributed by atoms with Crippen LogP contribution >= 0.6 is 0 Å². The Morgan fingerprint density at radius 2 is 1.70 bits per heavy atom. The van der Waals surface area contributed by atoms with Crippen molar-refractivity contribution >= 4 is 16.6 Å². The maximum atomic E-state index is 4.83. The molecule has 0 bridgehead atoms. The van der Waals surface area contributed by atoms with Gasteiger partial charge in [0, 0.05) is 28.9 Å². The SMILES string of the molecule is Cc1cc(NCc2ccc(-c3ccccc3-c3nnn[nH]3)cc2)c2cccc(C(C)C)c2n1. The van der Waals surface area contributed by atoms with Crippen molar-refractivity contribution < 1.29 is 0 Å². The summed E-state index contributed by atoms with van der Waals surface area (Å²) in [5.41, 5.74) is 8.91. The van der Waals surface area contributed by atoms with E-state index in [1.807, 2.05) is 18.2 Å². The lowest BCUT2D eigenvalue weighted by Crippen LogP contribution is -2.02. The van der Waals surface area contributed by atoms with Gasteiger partial charge in [-0.3, -0.25) is 4.98 Å². The molecule has 0 aliphatic carbocycles. The van der Waals surface area contributed by atoms with Crippen molar-refractivity contribution in [2.24, 2.45) is 0 Å². The predicted molar refractivity (Wildman–Crippen MR) is 133 cm³/mol. The van der Waals surface area contributed by atoms with Gasteiger partial charge in [-0.25, -0.2) is 5.10 Å². The van der Waals surface area contributed by atoms with Crippen LogP contribution in [0.4, 0.5) is 5.69 Å². The number of para-hydroxylation sites is 1. The molecule has 0 aliphatic heterocycles. The van der Waals surface area contributed by atoms with Gasteiger partial charge in [-0.2, -0.15) is 0 Å². The number of nitrogens with zero attached hydrogens (tertiary/aromatic N) is 4. The summed E-state index contributed by atoms with van der Waals surface area (Å²) in [6, 6.07) is 25.3. The van der Waals surface area contributed by atoms with Crippen molar-refractivity contribution in [1.29, 1.82) is 0 Å². The summed E-state index contributed by atoms with van der Waals surface area (Å²) in [4.78, 5) is 4.83. The molecule has 0 unspecified atom stereocenters. The molecule has 2 aromatic heterocycles. The van der Waals surface area contributed by atoms with Gasteiger partial charge in [0.15, 0.2) is 5.82 Å². The molecule has 0 aliphatic rings. The summed E-state index contributed by atoms with van der Waals surface area (Å²) in [7, 11) is 0. The van der Waals surface area contributed by atoms with E-state index in [0.717, 1.165) is 45.5 Å². The Morgan fingerprint density at radius 1 is 0.909 bits per heavy atom. The van der Waals surface area contributed by atoms with Crippen LogP contribution in [0.5, 0.6) is 0 Å². The molecule has 5 rings (SSSR count). The van der Waals surface area contributed by atoms with E-state index in [0.29, 0.717) is 11.7 Å². The second-order valence-corrected chi connectivity index (χ2v) is 8.56. The van der Waals surface area contributed by atoms with Gasteiger partial charge in [0.05, 0.1) is 5.52 Å². The zero-order valence-electron chi connectivity index (χ0n) is 19.0. The third-order valence-corrected chi connectivity index (χ3v) is 5.90. The minimum Gasteiger partial charge on any atom is -0.380 e. The van der Waals surface area contributed by atoms with Gasteiger partial charge in [0.1, 0.15) is 0 Å². The summed E-state index contributed by atoms with van der Waals surface area (Å²) in [5, 5.41) is 19.1. The van der Waals surface area contributed by atoms with Crippen molar-refractivity contribution in [3.05, 3.63) is 89.6 Å². The molecule has 0 atom stereocenters. The summed E-state index contributed by atoms with van der Waals surface area (Å²) < 4.78 is 0. The Hall–Kier alpha value is -4.06. The number of benzene rings is 3. The van der Waals surface area contributed by atoms with E-state index in [4.69, 9.17) is 4.98 Å². The van der Waals surface area contributed by atoms with Crippen molar-refractivity contribution in [2.45, 2.75) is 33.2 Å². The Bertz CT molecular complexity index is 1390. The molecular formula is C27H26N6. The highest BCUT2D eigenvalue weighted by atomic mass is 15.5. The summed E-state index contributed by atoms with van der Waals surface area (Å²) in [6.45, 7) is 7.21. The van der Waals surface area contributed by atoms with Gasteiger partial charge in [-0.1, -0.05) is 80.6 Å². The fourth-order valence-electron chi connectivity index (χ4n) is 4.22. The molecule has 2 N–H and O–H groups in total. The van der Waals surface area contributed by atoms with Gasteiger partial charge in [0.2, 0.25) is 0 Å². The van der Waals surface area contributed by atoms with Crippen molar-refractivity contribution in [2.75, 3.05) is 5.32 Å². The number of H-pyrrole nitrogens is 1. The van der Waals surface area contributed by atoms with Crippen molar-refractivity contribution in [3.63, 3.8) is 0 Å². The predicted octanol–water partition coefficient (Wildman–Crippen LogP) is 6.13. The molecule has 3 aromatic carbocycles. The smallest absolute Gasteiger partial charge is 0.180 e. The fourth-order valence-corrected chi connectivity index (χ4v) is 4.22. The average molecular weight is 435 g/mol. The van der Waals surface area contributed by atoms with Gasteiger partial charge >= 0.3 is 0 Å². The second kappa shape index (κ2) is 8.82. The zero-order chi connectivity index (χ0) is 22.8. The van der Waals surface area contributed by atoms with Crippen LogP contribution in [0.2, 0.25) is 0 Å². The minimum absolute atomic E-state index is 0.430. The maximum Gasteiger partial charge on any atom is 0.180 e. The number of fused-ring (bicyclic) bond motifs is 1. The number of anilines is 1. The number of aromatic nitrogens is 5. The topological polar surface area (TPSA) is 79.4 Å². The molecule has 6 nitrogen and oxygen atoms in total. The minimum atomic E-state index is 0.430. The summed E-state index contributed by atoms with van der Waals surface area (Å²) in [5.74, 6) is 1.09. The van der Waals surface area contributed by atoms with E-state index in [-0.39, 0.29) is 0 Å². The van der Waals surface area contributed by atoms with Crippen molar-refractivity contribution in [3.8, 4) is 22.5 Å². The summed E-state index contributed by atoms with van der Waals surface area (Å²) in [6.07, 6.45) is 0. The first-order valence-corrected chi connectivity index (χ1v) is 11.2. The van der Waals surface area contributed by atoms with Crippen LogP contribution < -0.4 is 5.32 Å². The third kappa shape index (κ3) is 4.20. The molecule has 6 heteroatoms. The first kappa shape index (κ1) is 20.8. The first-order chi connectivity index (χ1) is 16.1. The van der Waals surface area contributed by atoms with Gasteiger partial charge in [-0.15, -0.1) is 5.10 Å². The average Bonchev–Trinajstić information content (AvgIpc) is 3.37. The van der Waals surface area contributed by atoms with Crippen LogP contribution in [0, 0.1) is 6.92 Å². The number of hydrogen-bond acceptors (Lipinski definition) is 5.